The Morgan fingerprint density at radius 1 is 1.19 bits per heavy atom. The number of rotatable bonds is 5. The molecule has 0 aliphatic carbocycles. The van der Waals surface area contributed by atoms with E-state index in [2.05, 4.69) is 40.2 Å². The third-order valence-electron chi connectivity index (χ3n) is 4.14. The summed E-state index contributed by atoms with van der Waals surface area (Å²) in [5.41, 5.74) is 6.20. The molecule has 0 saturated carbocycles. The number of aliphatic imine (C=N–C) groups is 1. The third-order valence-corrected chi connectivity index (χ3v) is 4.14. The smallest absolute Gasteiger partial charge is 0.159 e. The van der Waals surface area contributed by atoms with Crippen LogP contribution in [0.25, 0.3) is 28.1 Å². The summed E-state index contributed by atoms with van der Waals surface area (Å²) in [4.78, 5) is 13.5. The van der Waals surface area contributed by atoms with Crippen LogP contribution in [0.15, 0.2) is 53.9 Å². The summed E-state index contributed by atoms with van der Waals surface area (Å²) in [7, 11) is 3.69. The predicted molar refractivity (Wildman–Crippen MR) is 107 cm³/mol. The van der Waals surface area contributed by atoms with Gasteiger partial charge in [-0.25, -0.2) is 9.97 Å². The van der Waals surface area contributed by atoms with Crippen LogP contribution in [0.5, 0.6) is 0 Å². The van der Waals surface area contributed by atoms with Crippen molar-refractivity contribution in [3.63, 3.8) is 0 Å². The molecule has 5 heteroatoms. The lowest BCUT2D eigenvalue weighted by atomic mass is 10.0. The number of aryl methyl sites for hydroxylation is 2. The molecule has 3 rings (SSSR count). The van der Waals surface area contributed by atoms with E-state index in [4.69, 9.17) is 4.98 Å². The molecule has 0 atom stereocenters. The van der Waals surface area contributed by atoms with Crippen LogP contribution in [-0.4, -0.2) is 33.0 Å². The molecular weight excluding hydrogens is 322 g/mol. The van der Waals surface area contributed by atoms with Gasteiger partial charge in [-0.15, -0.1) is 0 Å². The van der Waals surface area contributed by atoms with Gasteiger partial charge in [-0.1, -0.05) is 31.2 Å². The molecule has 0 amide bonds. The fourth-order valence-electron chi connectivity index (χ4n) is 2.89. The highest BCUT2D eigenvalue weighted by Crippen LogP contribution is 2.25. The van der Waals surface area contributed by atoms with Crippen molar-refractivity contribution in [3.05, 3.63) is 60.2 Å². The topological polar surface area (TPSA) is 56.0 Å². The van der Waals surface area contributed by atoms with E-state index in [0.29, 0.717) is 0 Å². The molecule has 0 fully saturated rings. The Morgan fingerprint density at radius 2 is 2.00 bits per heavy atom. The summed E-state index contributed by atoms with van der Waals surface area (Å²) in [5.74, 6) is 0.723. The molecule has 132 valence electrons. The van der Waals surface area contributed by atoms with Crippen LogP contribution < -0.4 is 0 Å². The first-order valence-electron chi connectivity index (χ1n) is 8.68. The average molecular weight is 345 g/mol. The SMILES string of the molecule is CC/C=C(\C=N/C)c1cnc(-c2cccc(-c3cnn(C)c3)c2)nc1C. The number of nitrogens with zero attached hydrogens (tertiary/aromatic N) is 5. The first-order valence-corrected chi connectivity index (χ1v) is 8.68. The minimum Gasteiger partial charge on any atom is -0.296 e. The Morgan fingerprint density at radius 3 is 2.65 bits per heavy atom. The molecule has 0 N–H and O–H groups in total. The van der Waals surface area contributed by atoms with E-state index in [1.165, 1.54) is 0 Å². The Labute approximate surface area is 154 Å². The van der Waals surface area contributed by atoms with Gasteiger partial charge in [-0.3, -0.25) is 9.67 Å². The van der Waals surface area contributed by atoms with Gasteiger partial charge in [0.1, 0.15) is 0 Å². The zero-order valence-corrected chi connectivity index (χ0v) is 15.6. The normalized spacial score (nSPS) is 12.1. The van der Waals surface area contributed by atoms with Gasteiger partial charge in [-0.2, -0.15) is 5.10 Å². The standard InChI is InChI=1S/C21H23N5/c1-5-7-18(11-22-3)20-13-23-21(25-15(20)2)17-9-6-8-16(10-17)19-12-24-26(4)14-19/h6-14H,5H2,1-4H3/b18-7+,22-11-. The van der Waals surface area contributed by atoms with Crippen LogP contribution in [0.4, 0.5) is 0 Å². The quantitative estimate of drug-likeness (QED) is 0.646. The molecule has 0 saturated heterocycles. The third kappa shape index (κ3) is 3.77. The number of hydrogen-bond acceptors (Lipinski definition) is 4. The van der Waals surface area contributed by atoms with Gasteiger partial charge in [0.05, 0.1) is 6.20 Å². The van der Waals surface area contributed by atoms with Crippen LogP contribution in [0.1, 0.15) is 24.6 Å². The molecule has 0 unspecified atom stereocenters. The lowest BCUT2D eigenvalue weighted by Crippen LogP contribution is -1.99. The van der Waals surface area contributed by atoms with Crippen LogP contribution in [0.2, 0.25) is 0 Å². The fourth-order valence-corrected chi connectivity index (χ4v) is 2.89. The van der Waals surface area contributed by atoms with E-state index in [0.717, 1.165) is 45.8 Å². The molecule has 2 aromatic heterocycles. The number of aromatic nitrogens is 4. The van der Waals surface area contributed by atoms with Gasteiger partial charge >= 0.3 is 0 Å². The first kappa shape index (κ1) is 17.7. The van der Waals surface area contributed by atoms with E-state index < -0.39 is 0 Å². The Bertz CT molecular complexity index is 966. The summed E-state index contributed by atoms with van der Waals surface area (Å²) in [6.07, 6.45) is 10.7. The number of benzene rings is 1. The average Bonchev–Trinajstić information content (AvgIpc) is 3.08. The molecule has 0 aliphatic heterocycles. The summed E-state index contributed by atoms with van der Waals surface area (Å²) in [5, 5.41) is 4.24. The van der Waals surface area contributed by atoms with E-state index in [9.17, 15) is 0 Å². The lowest BCUT2D eigenvalue weighted by molar-refractivity contribution is 0.768. The van der Waals surface area contributed by atoms with Crippen LogP contribution in [0, 0.1) is 6.92 Å². The summed E-state index contributed by atoms with van der Waals surface area (Å²) >= 11 is 0. The highest BCUT2D eigenvalue weighted by Gasteiger charge is 2.10. The molecule has 0 aliphatic rings. The van der Waals surface area contributed by atoms with Crippen molar-refractivity contribution in [1.82, 2.24) is 19.7 Å². The van der Waals surface area contributed by atoms with Crippen molar-refractivity contribution in [1.29, 1.82) is 0 Å². The van der Waals surface area contributed by atoms with E-state index in [1.54, 1.807) is 11.7 Å². The lowest BCUT2D eigenvalue weighted by Gasteiger charge is -2.09. The maximum Gasteiger partial charge on any atom is 0.159 e. The maximum absolute atomic E-state index is 4.73. The van der Waals surface area contributed by atoms with Gasteiger partial charge in [0.2, 0.25) is 0 Å². The van der Waals surface area contributed by atoms with Crippen molar-refractivity contribution in [2.45, 2.75) is 20.3 Å². The highest BCUT2D eigenvalue weighted by molar-refractivity contribution is 6.10. The van der Waals surface area contributed by atoms with Crippen LogP contribution in [-0.2, 0) is 7.05 Å². The number of allylic oxidation sites excluding steroid dienone is 2. The molecule has 1 aromatic carbocycles. The summed E-state index contributed by atoms with van der Waals surface area (Å²) in [6, 6.07) is 8.23. The van der Waals surface area contributed by atoms with Gasteiger partial charge in [0.15, 0.2) is 5.82 Å². The molecule has 2 heterocycles. The molecule has 5 nitrogen and oxygen atoms in total. The molecule has 0 spiro atoms. The first-order chi connectivity index (χ1) is 12.6. The van der Waals surface area contributed by atoms with Crippen molar-refractivity contribution >= 4 is 11.8 Å². The second-order valence-electron chi connectivity index (χ2n) is 6.13. The minimum absolute atomic E-state index is 0.723. The zero-order valence-electron chi connectivity index (χ0n) is 15.6. The predicted octanol–water partition coefficient (Wildman–Crippen LogP) is 4.35. The maximum atomic E-state index is 4.73. The Kier molecular flexibility index (Phi) is 5.37. The molecular formula is C21H23N5. The minimum atomic E-state index is 0.723. The van der Waals surface area contributed by atoms with E-state index in [-0.39, 0.29) is 0 Å². The van der Waals surface area contributed by atoms with Gasteiger partial charge in [0.25, 0.3) is 0 Å². The molecule has 3 aromatic rings. The molecule has 0 bridgehead atoms. The summed E-state index contributed by atoms with van der Waals surface area (Å²) < 4.78 is 1.80. The van der Waals surface area contributed by atoms with Crippen molar-refractivity contribution < 1.29 is 0 Å². The van der Waals surface area contributed by atoms with Crippen LogP contribution >= 0.6 is 0 Å². The van der Waals surface area contributed by atoms with Crippen molar-refractivity contribution in [2.75, 3.05) is 7.05 Å². The molecule has 26 heavy (non-hydrogen) atoms. The second kappa shape index (κ2) is 7.87. The van der Waals surface area contributed by atoms with Crippen molar-refractivity contribution in [3.8, 4) is 22.5 Å². The van der Waals surface area contributed by atoms with E-state index in [1.807, 2.05) is 50.9 Å². The van der Waals surface area contributed by atoms with Gasteiger partial charge < -0.3 is 0 Å². The van der Waals surface area contributed by atoms with Gasteiger partial charge in [-0.05, 0) is 30.5 Å². The summed E-state index contributed by atoms with van der Waals surface area (Å²) in [6.45, 7) is 4.12. The number of hydrogen-bond donors (Lipinski definition) is 0. The molecule has 0 radical (unpaired) electrons. The fraction of sp³-hybridized carbons (Fsp3) is 0.238. The van der Waals surface area contributed by atoms with E-state index >= 15 is 0 Å². The monoisotopic (exact) mass is 345 g/mol. The Hall–Kier alpha value is -3.08. The van der Waals surface area contributed by atoms with Crippen molar-refractivity contribution in [2.24, 2.45) is 12.0 Å². The van der Waals surface area contributed by atoms with Crippen LogP contribution in [0.3, 0.4) is 0 Å². The largest absolute Gasteiger partial charge is 0.296 e. The second-order valence-corrected chi connectivity index (χ2v) is 6.13. The Balaban J connectivity index is 1.98. The highest BCUT2D eigenvalue weighted by atomic mass is 15.2. The zero-order chi connectivity index (χ0) is 18.5. The van der Waals surface area contributed by atoms with Gasteiger partial charge in [0, 0.05) is 55.1 Å².